The minimum atomic E-state index is 0.239. The number of anilines is 2. The highest BCUT2D eigenvalue weighted by Crippen LogP contribution is 2.16. The molecule has 0 saturated heterocycles. The van der Waals surface area contributed by atoms with Crippen LogP contribution in [0.3, 0.4) is 0 Å². The minimum Gasteiger partial charge on any atom is -0.492 e. The van der Waals surface area contributed by atoms with Crippen LogP contribution < -0.4 is 15.4 Å². The van der Waals surface area contributed by atoms with Gasteiger partial charge in [-0.15, -0.1) is 0 Å². The van der Waals surface area contributed by atoms with Gasteiger partial charge in [-0.2, -0.15) is 15.0 Å². The molecule has 0 amide bonds. The maximum atomic E-state index is 5.83. The summed E-state index contributed by atoms with van der Waals surface area (Å²) in [6, 6.07) is 6.22. The second kappa shape index (κ2) is 7.92. The van der Waals surface area contributed by atoms with Crippen molar-refractivity contribution in [2.75, 3.05) is 44.9 Å². The third kappa shape index (κ3) is 5.34. The number of benzene rings is 1. The average molecular weight is 330 g/mol. The molecule has 2 rings (SSSR count). The van der Waals surface area contributed by atoms with Crippen molar-refractivity contribution in [3.8, 4) is 5.75 Å². The van der Waals surface area contributed by atoms with Crippen molar-refractivity contribution in [3.63, 3.8) is 0 Å². The average Bonchev–Trinajstić information content (AvgIpc) is 2.45. The molecule has 130 valence electrons. The first-order chi connectivity index (χ1) is 11.3. The summed E-state index contributed by atoms with van der Waals surface area (Å²) in [5, 5.41) is 0. The van der Waals surface area contributed by atoms with E-state index in [9.17, 15) is 0 Å². The van der Waals surface area contributed by atoms with Gasteiger partial charge in [0.1, 0.15) is 18.2 Å². The van der Waals surface area contributed by atoms with Crippen molar-refractivity contribution in [1.82, 2.24) is 19.9 Å². The predicted octanol–water partition coefficient (Wildman–Crippen LogP) is 1.65. The summed E-state index contributed by atoms with van der Waals surface area (Å²) in [5.74, 6) is 2.36. The van der Waals surface area contributed by atoms with Gasteiger partial charge in [0.15, 0.2) is 0 Å². The molecule has 7 heteroatoms. The largest absolute Gasteiger partial charge is 0.492 e. The maximum Gasteiger partial charge on any atom is 0.229 e. The first-order valence-corrected chi connectivity index (χ1v) is 7.91. The molecule has 0 atom stereocenters. The van der Waals surface area contributed by atoms with E-state index in [2.05, 4.69) is 39.8 Å². The Balaban J connectivity index is 1.88. The third-order valence-electron chi connectivity index (χ3n) is 3.44. The molecule has 1 aromatic heterocycles. The van der Waals surface area contributed by atoms with E-state index < -0.39 is 0 Å². The molecular weight excluding hydrogens is 304 g/mol. The lowest BCUT2D eigenvalue weighted by Gasteiger charge is -2.17. The molecule has 7 nitrogen and oxygen atoms in total. The Morgan fingerprint density at radius 1 is 1.00 bits per heavy atom. The van der Waals surface area contributed by atoms with Gasteiger partial charge in [0.05, 0.1) is 6.54 Å². The smallest absolute Gasteiger partial charge is 0.229 e. The number of nitrogens with zero attached hydrogens (tertiary/aromatic N) is 5. The number of nitrogens with two attached hydrogens (primary N) is 1. The lowest BCUT2D eigenvalue weighted by molar-refractivity contribution is 0.229. The molecule has 2 aromatic rings. The fraction of sp³-hybridized carbons (Fsp3) is 0.471. The second-order valence-corrected chi connectivity index (χ2v) is 6.21. The number of nitrogen functional groups attached to an aromatic ring is 1. The lowest BCUT2D eigenvalue weighted by atomic mass is 10.1. The van der Waals surface area contributed by atoms with Gasteiger partial charge in [-0.3, -0.25) is 4.90 Å². The van der Waals surface area contributed by atoms with Gasteiger partial charge in [0.25, 0.3) is 0 Å². The van der Waals surface area contributed by atoms with Gasteiger partial charge in [-0.05, 0) is 44.2 Å². The molecule has 2 N–H and O–H groups in total. The van der Waals surface area contributed by atoms with Crippen LogP contribution in [0.2, 0.25) is 0 Å². The SMILES string of the molecule is Cc1cc(C)cc(OCCN(C)Cc2nc(N)nc(N(C)C)n2)c1. The number of ether oxygens (including phenoxy) is 1. The summed E-state index contributed by atoms with van der Waals surface area (Å²) in [5.41, 5.74) is 8.15. The van der Waals surface area contributed by atoms with E-state index in [4.69, 9.17) is 10.5 Å². The quantitative estimate of drug-likeness (QED) is 0.826. The third-order valence-corrected chi connectivity index (χ3v) is 3.44. The van der Waals surface area contributed by atoms with Gasteiger partial charge in [0, 0.05) is 20.6 Å². The Labute approximate surface area is 143 Å². The van der Waals surface area contributed by atoms with Gasteiger partial charge < -0.3 is 15.4 Å². The molecule has 24 heavy (non-hydrogen) atoms. The molecular formula is C17H26N6O. The zero-order chi connectivity index (χ0) is 17.7. The number of rotatable bonds is 7. The van der Waals surface area contributed by atoms with Crippen LogP contribution in [0.1, 0.15) is 17.0 Å². The van der Waals surface area contributed by atoms with Gasteiger partial charge in [0.2, 0.25) is 11.9 Å². The van der Waals surface area contributed by atoms with E-state index in [0.717, 1.165) is 12.3 Å². The van der Waals surface area contributed by atoms with Crippen molar-refractivity contribution in [1.29, 1.82) is 0 Å². The number of aryl methyl sites for hydroxylation is 2. The molecule has 0 bridgehead atoms. The van der Waals surface area contributed by atoms with Crippen molar-refractivity contribution >= 4 is 11.9 Å². The van der Waals surface area contributed by atoms with Crippen molar-refractivity contribution in [2.45, 2.75) is 20.4 Å². The lowest BCUT2D eigenvalue weighted by Crippen LogP contribution is -2.26. The number of aromatic nitrogens is 3. The zero-order valence-corrected chi connectivity index (χ0v) is 15.1. The van der Waals surface area contributed by atoms with Gasteiger partial charge in [-0.1, -0.05) is 6.07 Å². The number of hydrogen-bond donors (Lipinski definition) is 1. The van der Waals surface area contributed by atoms with E-state index in [1.54, 1.807) is 0 Å². The molecule has 0 radical (unpaired) electrons. The maximum absolute atomic E-state index is 5.83. The van der Waals surface area contributed by atoms with E-state index >= 15 is 0 Å². The molecule has 0 aliphatic carbocycles. The van der Waals surface area contributed by atoms with Crippen LogP contribution in [0.15, 0.2) is 18.2 Å². The molecule has 1 aromatic carbocycles. The van der Waals surface area contributed by atoms with Crippen LogP contribution in [0, 0.1) is 13.8 Å². The van der Waals surface area contributed by atoms with E-state index in [1.807, 2.05) is 38.2 Å². The molecule has 0 aliphatic heterocycles. The summed E-state index contributed by atoms with van der Waals surface area (Å²) in [6.45, 7) is 6.08. The highest BCUT2D eigenvalue weighted by molar-refractivity contribution is 5.33. The van der Waals surface area contributed by atoms with E-state index in [1.165, 1.54) is 11.1 Å². The Kier molecular flexibility index (Phi) is 5.92. The van der Waals surface area contributed by atoms with Crippen LogP contribution in [-0.2, 0) is 6.54 Å². The summed E-state index contributed by atoms with van der Waals surface area (Å²) in [4.78, 5) is 16.6. The Hall–Kier alpha value is -2.41. The van der Waals surface area contributed by atoms with Crippen LogP contribution in [0.5, 0.6) is 5.75 Å². The zero-order valence-electron chi connectivity index (χ0n) is 15.1. The fourth-order valence-corrected chi connectivity index (χ4v) is 2.35. The fourth-order valence-electron chi connectivity index (χ4n) is 2.35. The number of hydrogen-bond acceptors (Lipinski definition) is 7. The first kappa shape index (κ1) is 17.9. The van der Waals surface area contributed by atoms with Gasteiger partial charge in [-0.25, -0.2) is 0 Å². The van der Waals surface area contributed by atoms with Crippen molar-refractivity contribution < 1.29 is 4.74 Å². The molecule has 0 aliphatic rings. The Morgan fingerprint density at radius 2 is 1.67 bits per heavy atom. The van der Waals surface area contributed by atoms with Gasteiger partial charge >= 0.3 is 0 Å². The molecule has 0 saturated carbocycles. The predicted molar refractivity (Wildman–Crippen MR) is 96.3 cm³/mol. The standard InChI is InChI=1S/C17H26N6O/c1-12-8-13(2)10-14(9-12)24-7-6-23(5)11-15-19-16(18)21-17(20-15)22(3)4/h8-10H,6-7,11H2,1-5H3,(H2,18,19,20,21). The van der Waals surface area contributed by atoms with Crippen molar-refractivity contribution in [2.24, 2.45) is 0 Å². The van der Waals surface area contributed by atoms with Crippen molar-refractivity contribution in [3.05, 3.63) is 35.2 Å². The first-order valence-electron chi connectivity index (χ1n) is 7.91. The summed E-state index contributed by atoms with van der Waals surface area (Å²) in [7, 11) is 5.75. The monoisotopic (exact) mass is 330 g/mol. The van der Waals surface area contributed by atoms with E-state index in [0.29, 0.717) is 24.9 Å². The van der Waals surface area contributed by atoms with Crippen LogP contribution in [0.25, 0.3) is 0 Å². The molecule has 0 unspecified atom stereocenters. The van der Waals surface area contributed by atoms with Crippen LogP contribution >= 0.6 is 0 Å². The molecule has 1 heterocycles. The highest BCUT2D eigenvalue weighted by atomic mass is 16.5. The highest BCUT2D eigenvalue weighted by Gasteiger charge is 2.09. The topological polar surface area (TPSA) is 80.4 Å². The van der Waals surface area contributed by atoms with Crippen LogP contribution in [0.4, 0.5) is 11.9 Å². The van der Waals surface area contributed by atoms with Crippen LogP contribution in [-0.4, -0.2) is 54.1 Å². The Morgan fingerprint density at radius 3 is 2.29 bits per heavy atom. The molecule has 0 fully saturated rings. The Bertz CT molecular complexity index is 669. The summed E-state index contributed by atoms with van der Waals surface area (Å²) < 4.78 is 5.83. The minimum absolute atomic E-state index is 0.239. The normalized spacial score (nSPS) is 10.9. The van der Waals surface area contributed by atoms with E-state index in [-0.39, 0.29) is 5.95 Å². The molecule has 0 spiro atoms. The summed E-state index contributed by atoms with van der Waals surface area (Å²) in [6.07, 6.45) is 0. The number of likely N-dealkylation sites (N-methyl/N-ethyl adjacent to an activating group) is 1. The summed E-state index contributed by atoms with van der Waals surface area (Å²) >= 11 is 0. The second-order valence-electron chi connectivity index (χ2n) is 6.21.